The van der Waals surface area contributed by atoms with E-state index in [0.29, 0.717) is 0 Å². The predicted molar refractivity (Wildman–Crippen MR) is 56.2 cm³/mol. The van der Waals surface area contributed by atoms with E-state index in [1.165, 1.54) is 0 Å². The molecule has 2 rings (SSSR count). The molecule has 0 atom stereocenters. The number of rotatable bonds is 2. The summed E-state index contributed by atoms with van der Waals surface area (Å²) in [7, 11) is 1.64. The van der Waals surface area contributed by atoms with Crippen LogP contribution in [0.25, 0.3) is 11.3 Å². The van der Waals surface area contributed by atoms with Gasteiger partial charge in [0.05, 0.1) is 17.8 Å². The van der Waals surface area contributed by atoms with Gasteiger partial charge in [-0.15, -0.1) is 0 Å². The van der Waals surface area contributed by atoms with Crippen LogP contribution in [-0.4, -0.2) is 12.3 Å². The van der Waals surface area contributed by atoms with Gasteiger partial charge < -0.3 is 9.26 Å². The van der Waals surface area contributed by atoms with Crippen molar-refractivity contribution in [1.82, 2.24) is 5.16 Å². The molecule has 0 bridgehead atoms. The van der Waals surface area contributed by atoms with Crippen molar-refractivity contribution in [3.8, 4) is 17.1 Å². The van der Waals surface area contributed by atoms with Gasteiger partial charge in [0.1, 0.15) is 5.75 Å². The Morgan fingerprint density at radius 2 is 2.00 bits per heavy atom. The minimum absolute atomic E-state index is 0.729. The fraction of sp³-hybridized carbons (Fsp3) is 0.100. The van der Waals surface area contributed by atoms with Gasteiger partial charge in [-0.2, -0.15) is 0 Å². The molecule has 2 aromatic rings. The number of methoxy groups -OCH3 is 1. The summed E-state index contributed by atoms with van der Waals surface area (Å²) < 4.78 is 11.0. The second kappa shape index (κ2) is 3.84. The van der Waals surface area contributed by atoms with E-state index in [4.69, 9.17) is 9.26 Å². The maximum atomic E-state index is 5.09. The van der Waals surface area contributed by atoms with E-state index < -0.39 is 0 Å². The third-order valence-electron chi connectivity index (χ3n) is 1.88. The zero-order chi connectivity index (χ0) is 9.97. The Morgan fingerprint density at radius 3 is 2.50 bits per heavy atom. The molecule has 0 fully saturated rings. The Bertz CT molecular complexity index is 422. The molecule has 0 radical (unpaired) electrons. The maximum absolute atomic E-state index is 5.09. The van der Waals surface area contributed by atoms with E-state index in [-0.39, 0.29) is 0 Å². The molecule has 0 unspecified atom stereocenters. The summed E-state index contributed by atoms with van der Waals surface area (Å²) >= 11 is 3.35. The smallest absolute Gasteiger partial charge is 0.181 e. The van der Waals surface area contributed by atoms with E-state index in [2.05, 4.69) is 21.1 Å². The Labute approximate surface area is 89.8 Å². The number of hydrogen-bond donors (Lipinski definition) is 0. The molecular formula is C10H8BrNO2. The fourth-order valence-corrected chi connectivity index (χ4v) is 1.55. The Hall–Kier alpha value is -1.29. The second-order valence-corrected chi connectivity index (χ2v) is 3.59. The highest BCUT2D eigenvalue weighted by Gasteiger charge is 2.07. The normalized spacial score (nSPS) is 10.1. The van der Waals surface area contributed by atoms with Crippen LogP contribution >= 0.6 is 15.9 Å². The van der Waals surface area contributed by atoms with Gasteiger partial charge in [0.2, 0.25) is 0 Å². The van der Waals surface area contributed by atoms with E-state index in [9.17, 15) is 0 Å². The lowest BCUT2D eigenvalue weighted by atomic mass is 10.2. The van der Waals surface area contributed by atoms with Crippen LogP contribution in [0.3, 0.4) is 0 Å². The van der Waals surface area contributed by atoms with Crippen molar-refractivity contribution in [2.75, 3.05) is 7.11 Å². The maximum Gasteiger partial charge on any atom is 0.181 e. The first-order chi connectivity index (χ1) is 6.81. The zero-order valence-electron chi connectivity index (χ0n) is 7.53. The van der Waals surface area contributed by atoms with Crippen LogP contribution in [0.15, 0.2) is 39.5 Å². The first kappa shape index (κ1) is 9.27. The topological polar surface area (TPSA) is 35.3 Å². The molecule has 1 aromatic heterocycles. The number of nitrogens with zero attached hydrogens (tertiary/aromatic N) is 1. The van der Waals surface area contributed by atoms with E-state index in [1.54, 1.807) is 13.3 Å². The third-order valence-corrected chi connectivity index (χ3v) is 2.44. The molecule has 1 heterocycles. The highest BCUT2D eigenvalue weighted by Crippen LogP contribution is 2.28. The summed E-state index contributed by atoms with van der Waals surface area (Å²) in [6.45, 7) is 0. The van der Waals surface area contributed by atoms with Crippen molar-refractivity contribution >= 4 is 15.9 Å². The van der Waals surface area contributed by atoms with Gasteiger partial charge in [-0.25, -0.2) is 0 Å². The van der Waals surface area contributed by atoms with E-state index >= 15 is 0 Å². The molecule has 1 aromatic carbocycles. The van der Waals surface area contributed by atoms with Gasteiger partial charge >= 0.3 is 0 Å². The number of benzene rings is 1. The van der Waals surface area contributed by atoms with Crippen molar-refractivity contribution in [3.05, 3.63) is 34.9 Å². The van der Waals surface area contributed by atoms with E-state index in [1.807, 2.05) is 24.3 Å². The van der Waals surface area contributed by atoms with Crippen molar-refractivity contribution in [3.63, 3.8) is 0 Å². The zero-order valence-corrected chi connectivity index (χ0v) is 9.11. The summed E-state index contributed by atoms with van der Waals surface area (Å²) in [6.07, 6.45) is 1.62. The molecule has 0 aliphatic rings. The monoisotopic (exact) mass is 253 g/mol. The molecule has 72 valence electrons. The molecular weight excluding hydrogens is 246 g/mol. The first-order valence-corrected chi connectivity index (χ1v) is 4.85. The van der Waals surface area contributed by atoms with Crippen LogP contribution in [0, 0.1) is 0 Å². The lowest BCUT2D eigenvalue weighted by Gasteiger charge is -2.00. The Morgan fingerprint density at radius 1 is 1.29 bits per heavy atom. The number of hydrogen-bond acceptors (Lipinski definition) is 3. The van der Waals surface area contributed by atoms with Gasteiger partial charge in [-0.3, -0.25) is 0 Å². The lowest BCUT2D eigenvalue weighted by Crippen LogP contribution is -1.81. The van der Waals surface area contributed by atoms with Crippen LogP contribution < -0.4 is 4.74 Å². The predicted octanol–water partition coefficient (Wildman–Crippen LogP) is 3.11. The number of halogens is 1. The number of ether oxygens (including phenoxy) is 1. The molecule has 4 heteroatoms. The van der Waals surface area contributed by atoms with Gasteiger partial charge in [-0.1, -0.05) is 5.16 Å². The third kappa shape index (κ3) is 1.65. The molecule has 0 aliphatic heterocycles. The van der Waals surface area contributed by atoms with Crippen LogP contribution in [-0.2, 0) is 0 Å². The van der Waals surface area contributed by atoms with Gasteiger partial charge in [0.25, 0.3) is 0 Å². The SMILES string of the molecule is COc1ccc(-c2oncc2Br)cc1. The molecule has 0 N–H and O–H groups in total. The minimum Gasteiger partial charge on any atom is -0.497 e. The molecule has 14 heavy (non-hydrogen) atoms. The summed E-state index contributed by atoms with van der Waals surface area (Å²) in [5.74, 6) is 1.55. The van der Waals surface area contributed by atoms with Gasteiger partial charge in [0.15, 0.2) is 5.76 Å². The second-order valence-electron chi connectivity index (χ2n) is 2.73. The highest BCUT2D eigenvalue weighted by atomic mass is 79.9. The first-order valence-electron chi connectivity index (χ1n) is 4.06. The summed E-state index contributed by atoms with van der Waals surface area (Å²) in [5, 5.41) is 3.69. The Kier molecular flexibility index (Phi) is 2.54. The molecule has 0 saturated heterocycles. The molecule has 0 amide bonds. The highest BCUT2D eigenvalue weighted by molar-refractivity contribution is 9.10. The van der Waals surface area contributed by atoms with Crippen LogP contribution in [0.1, 0.15) is 0 Å². The summed E-state index contributed by atoms with van der Waals surface area (Å²) in [6, 6.07) is 7.60. The summed E-state index contributed by atoms with van der Waals surface area (Å²) in [5.41, 5.74) is 0.968. The van der Waals surface area contributed by atoms with Crippen molar-refractivity contribution in [2.24, 2.45) is 0 Å². The molecule has 0 saturated carbocycles. The van der Waals surface area contributed by atoms with Crippen molar-refractivity contribution in [2.45, 2.75) is 0 Å². The Balaban J connectivity index is 2.39. The van der Waals surface area contributed by atoms with Crippen LogP contribution in [0.4, 0.5) is 0 Å². The van der Waals surface area contributed by atoms with Crippen LogP contribution in [0.5, 0.6) is 5.75 Å². The quantitative estimate of drug-likeness (QED) is 0.825. The minimum atomic E-state index is 0.729. The van der Waals surface area contributed by atoms with Crippen molar-refractivity contribution in [1.29, 1.82) is 0 Å². The molecule has 3 nitrogen and oxygen atoms in total. The lowest BCUT2D eigenvalue weighted by molar-refractivity contribution is 0.414. The fourth-order valence-electron chi connectivity index (χ4n) is 1.16. The summed E-state index contributed by atoms with van der Waals surface area (Å²) in [4.78, 5) is 0. The molecule has 0 aliphatic carbocycles. The van der Waals surface area contributed by atoms with Gasteiger partial charge in [-0.05, 0) is 40.2 Å². The largest absolute Gasteiger partial charge is 0.497 e. The number of aromatic nitrogens is 1. The van der Waals surface area contributed by atoms with E-state index in [0.717, 1.165) is 21.5 Å². The average Bonchev–Trinajstić information content (AvgIpc) is 2.65. The molecule has 0 spiro atoms. The average molecular weight is 254 g/mol. The van der Waals surface area contributed by atoms with Crippen LogP contribution in [0.2, 0.25) is 0 Å². The standard InChI is InChI=1S/C10H8BrNO2/c1-13-8-4-2-7(3-5-8)10-9(11)6-12-14-10/h2-6H,1H3. The van der Waals surface area contributed by atoms with Crippen molar-refractivity contribution < 1.29 is 9.26 Å². The van der Waals surface area contributed by atoms with Gasteiger partial charge in [0, 0.05) is 5.56 Å².